The Morgan fingerprint density at radius 2 is 1.94 bits per heavy atom. The van der Waals surface area contributed by atoms with Crippen molar-refractivity contribution in [3.05, 3.63) is 53.2 Å². The van der Waals surface area contributed by atoms with Gasteiger partial charge in [-0.05, 0) is 63.9 Å². The van der Waals surface area contributed by atoms with Gasteiger partial charge < -0.3 is 19.3 Å². The summed E-state index contributed by atoms with van der Waals surface area (Å²) in [5.41, 5.74) is -0.421. The van der Waals surface area contributed by atoms with E-state index >= 15 is 4.39 Å². The first-order valence-corrected chi connectivity index (χ1v) is 17.0. The topological polar surface area (TPSA) is 108 Å². The molecule has 0 spiro atoms. The number of carbonyl (C=O) groups excluding carboxylic acids is 1. The molecule has 10 nitrogen and oxygen atoms in total. The van der Waals surface area contributed by atoms with E-state index in [1.54, 1.807) is 49.9 Å². The predicted octanol–water partition coefficient (Wildman–Crippen LogP) is 6.83. The highest BCUT2D eigenvalue weighted by molar-refractivity contribution is 6.36. The third-order valence-electron chi connectivity index (χ3n) is 10.0. The van der Waals surface area contributed by atoms with Gasteiger partial charge in [0.1, 0.15) is 35.1 Å². The number of likely N-dealkylation sites (N-methyl/N-ethyl adjacent to an activating group) is 1. The van der Waals surface area contributed by atoms with Crippen LogP contribution in [0, 0.1) is 34.8 Å². The molecular weight excluding hydrogens is 652 g/mol. The van der Waals surface area contributed by atoms with Crippen molar-refractivity contribution >= 4 is 45.2 Å². The van der Waals surface area contributed by atoms with Crippen molar-refractivity contribution in [1.82, 2.24) is 24.8 Å². The quantitative estimate of drug-likeness (QED) is 0.215. The number of piperazine rings is 1. The van der Waals surface area contributed by atoms with Crippen molar-refractivity contribution in [2.24, 2.45) is 11.8 Å². The molecule has 256 valence electrons. The van der Waals surface area contributed by atoms with E-state index in [4.69, 9.17) is 26.1 Å². The number of fused-ring (bicyclic) bond motifs is 3. The van der Waals surface area contributed by atoms with Crippen LogP contribution in [0.15, 0.2) is 36.5 Å². The van der Waals surface area contributed by atoms with Gasteiger partial charge in [-0.3, -0.25) is 9.88 Å². The van der Waals surface area contributed by atoms with E-state index in [0.717, 1.165) is 13.0 Å². The Hall–Kier alpha value is -4.34. The lowest BCUT2D eigenvalue weighted by atomic mass is 9.73. The molecule has 2 aliphatic heterocycles. The van der Waals surface area contributed by atoms with Crippen LogP contribution >= 0.6 is 11.6 Å². The zero-order chi connectivity index (χ0) is 34.6. The Kier molecular flexibility index (Phi) is 8.69. The predicted molar refractivity (Wildman–Crippen MR) is 182 cm³/mol. The molecule has 1 aliphatic carbocycles. The average Bonchev–Trinajstić information content (AvgIpc) is 3.27. The van der Waals surface area contributed by atoms with Crippen LogP contribution in [-0.2, 0) is 4.74 Å². The molecule has 2 aromatic carbocycles. The lowest BCUT2D eigenvalue weighted by molar-refractivity contribution is 0.0145. The maximum Gasteiger partial charge on any atom is 0.410 e. The number of hydrogen-bond donors (Lipinski definition) is 0. The van der Waals surface area contributed by atoms with Crippen LogP contribution < -0.4 is 9.64 Å². The third-order valence-corrected chi connectivity index (χ3v) is 10.4. The minimum Gasteiger partial charge on any atom is -0.462 e. The summed E-state index contributed by atoms with van der Waals surface area (Å²) >= 11 is 6.41. The van der Waals surface area contributed by atoms with E-state index in [9.17, 15) is 14.4 Å². The molecule has 13 heteroatoms. The molecule has 2 saturated heterocycles. The van der Waals surface area contributed by atoms with Crippen molar-refractivity contribution in [3.63, 3.8) is 0 Å². The Balaban J connectivity index is 1.30. The van der Waals surface area contributed by atoms with Crippen molar-refractivity contribution in [2.75, 3.05) is 44.7 Å². The van der Waals surface area contributed by atoms with E-state index in [2.05, 4.69) is 28.0 Å². The minimum absolute atomic E-state index is 0.0118. The molecule has 3 aliphatic rings. The molecule has 4 atom stereocenters. The minimum atomic E-state index is -0.725. The molecule has 49 heavy (non-hydrogen) atoms. The van der Waals surface area contributed by atoms with Gasteiger partial charge in [-0.1, -0.05) is 35.9 Å². The van der Waals surface area contributed by atoms with Gasteiger partial charge >= 0.3 is 12.1 Å². The van der Waals surface area contributed by atoms with Crippen molar-refractivity contribution in [3.8, 4) is 23.3 Å². The fraction of sp³-hybridized carbons (Fsp3) is 0.472. The zero-order valence-corrected chi connectivity index (χ0v) is 28.7. The molecular formula is C36H38ClF2N7O3. The Morgan fingerprint density at radius 1 is 1.12 bits per heavy atom. The highest BCUT2D eigenvalue weighted by Crippen LogP contribution is 2.44. The molecule has 1 amide bonds. The molecule has 4 aromatic rings. The highest BCUT2D eigenvalue weighted by atomic mass is 35.5. The highest BCUT2D eigenvalue weighted by Gasteiger charge is 2.45. The summed E-state index contributed by atoms with van der Waals surface area (Å²) in [5.74, 6) is 0.242. The smallest absolute Gasteiger partial charge is 0.410 e. The first-order chi connectivity index (χ1) is 23.4. The van der Waals surface area contributed by atoms with E-state index in [-0.39, 0.29) is 47.8 Å². The monoisotopic (exact) mass is 689 g/mol. The number of amides is 1. The van der Waals surface area contributed by atoms with Gasteiger partial charge in [0.25, 0.3) is 0 Å². The molecule has 1 saturated carbocycles. The molecule has 7 rings (SSSR count). The number of rotatable bonds is 6. The number of nitrogens with zero attached hydrogens (tertiary/aromatic N) is 7. The number of carbonyl (C=O) groups is 1. The molecule has 2 aromatic heterocycles. The lowest BCUT2D eigenvalue weighted by Crippen LogP contribution is -2.56. The number of hydrogen-bond acceptors (Lipinski definition) is 9. The summed E-state index contributed by atoms with van der Waals surface area (Å²) in [6.45, 7) is 7.59. The number of pyridine rings is 1. The number of anilines is 1. The second-order valence-electron chi connectivity index (χ2n) is 14.2. The average molecular weight is 690 g/mol. The molecule has 4 heterocycles. The van der Waals surface area contributed by atoms with Crippen molar-refractivity contribution in [2.45, 2.75) is 57.7 Å². The first-order valence-electron chi connectivity index (χ1n) is 16.6. The van der Waals surface area contributed by atoms with Crippen LogP contribution in [-0.4, -0.2) is 88.4 Å². The van der Waals surface area contributed by atoms with Gasteiger partial charge in [-0.25, -0.2) is 13.6 Å². The van der Waals surface area contributed by atoms with E-state index < -0.39 is 29.4 Å². The van der Waals surface area contributed by atoms with Crippen LogP contribution in [0.2, 0.25) is 5.02 Å². The van der Waals surface area contributed by atoms with Crippen LogP contribution in [0.1, 0.15) is 40.0 Å². The molecule has 0 bridgehead atoms. The number of halogens is 3. The summed E-state index contributed by atoms with van der Waals surface area (Å²) in [6.07, 6.45) is 3.43. The normalized spacial score (nSPS) is 22.6. The van der Waals surface area contributed by atoms with Gasteiger partial charge in [-0.15, -0.1) is 0 Å². The van der Waals surface area contributed by atoms with Gasteiger partial charge in [0.2, 0.25) is 0 Å². The summed E-state index contributed by atoms with van der Waals surface area (Å²) in [6, 6.07) is 9.92. The molecule has 0 unspecified atom stereocenters. The van der Waals surface area contributed by atoms with Crippen LogP contribution in [0.25, 0.3) is 32.9 Å². The third kappa shape index (κ3) is 6.19. The summed E-state index contributed by atoms with van der Waals surface area (Å²) < 4.78 is 43.3. The van der Waals surface area contributed by atoms with Gasteiger partial charge in [0.15, 0.2) is 5.82 Å². The summed E-state index contributed by atoms with van der Waals surface area (Å²) in [7, 11) is 2.09. The second-order valence-corrected chi connectivity index (χ2v) is 14.6. The number of aromatic nitrogens is 3. The zero-order valence-electron chi connectivity index (χ0n) is 27.9. The molecule has 0 radical (unpaired) electrons. The maximum atomic E-state index is 16.8. The van der Waals surface area contributed by atoms with Crippen molar-refractivity contribution in [1.29, 1.82) is 5.26 Å². The van der Waals surface area contributed by atoms with E-state index in [1.807, 2.05) is 4.90 Å². The molecule has 0 N–H and O–H groups in total. The summed E-state index contributed by atoms with van der Waals surface area (Å²) in [5, 5.41) is 10.9. The standard InChI is InChI=1S/C36H38ClF2N7O3/c1-36(2,3)49-35(47)46-15-14-45(18-22(46)12-13-40)33-25-16-41-31(24-7-5-6-20-9-11-26(38)29(37)28(20)24)30(39)32(25)42-34(43-33)48-19-27-23-10-8-21(23)17-44(27)4/h5-7,9,11,16,21-23,27H,8,10,12,14-15,17-19H2,1-4H3/t21-,22+,23-,27-/m1/s1. The van der Waals surface area contributed by atoms with Crippen LogP contribution in [0.5, 0.6) is 6.01 Å². The van der Waals surface area contributed by atoms with Crippen LogP contribution in [0.3, 0.4) is 0 Å². The number of nitriles is 1. The van der Waals surface area contributed by atoms with Crippen LogP contribution in [0.4, 0.5) is 19.4 Å². The Labute approximate surface area is 288 Å². The fourth-order valence-corrected chi connectivity index (χ4v) is 7.76. The van der Waals surface area contributed by atoms with Gasteiger partial charge in [0.05, 0.1) is 28.9 Å². The van der Waals surface area contributed by atoms with E-state index in [0.29, 0.717) is 52.5 Å². The Morgan fingerprint density at radius 3 is 2.65 bits per heavy atom. The first kappa shape index (κ1) is 33.2. The van der Waals surface area contributed by atoms with Gasteiger partial charge in [0, 0.05) is 49.4 Å². The lowest BCUT2D eigenvalue weighted by Gasteiger charge is -2.41. The molecule has 3 fully saturated rings. The second kappa shape index (κ2) is 12.8. The largest absolute Gasteiger partial charge is 0.462 e. The number of benzene rings is 2. The van der Waals surface area contributed by atoms with Crippen molar-refractivity contribution < 1.29 is 23.0 Å². The van der Waals surface area contributed by atoms with Gasteiger partial charge in [-0.2, -0.15) is 15.2 Å². The maximum absolute atomic E-state index is 16.8. The summed E-state index contributed by atoms with van der Waals surface area (Å²) in [4.78, 5) is 32.8. The fourth-order valence-electron chi connectivity index (χ4n) is 7.48. The van der Waals surface area contributed by atoms with E-state index in [1.165, 1.54) is 18.7 Å². The SMILES string of the molecule is CN1C[C@H]2CC[C@H]2[C@H]1COc1nc(N2CCN(C(=O)OC(C)(C)C)[C@@H](CC#N)C2)c2cnc(-c3cccc4ccc(F)c(Cl)c34)c(F)c2n1. The number of ether oxygens (including phenoxy) is 2. The Bertz CT molecular complexity index is 1980. The number of likely N-dealkylation sites (tertiary alicyclic amines) is 1.